The zero-order valence-electron chi connectivity index (χ0n) is 26.6. The molecule has 6 N–H and O–H groups in total. The maximum atomic E-state index is 15.2. The average Bonchev–Trinajstić information content (AvgIpc) is 3.07. The first-order chi connectivity index (χ1) is 22.9. The van der Waals surface area contributed by atoms with Crippen molar-refractivity contribution in [2.45, 2.75) is 39.0 Å². The van der Waals surface area contributed by atoms with Gasteiger partial charge in [-0.3, -0.25) is 14.6 Å². The van der Waals surface area contributed by atoms with Crippen LogP contribution in [0.1, 0.15) is 35.7 Å². The van der Waals surface area contributed by atoms with Crippen LogP contribution in [-0.4, -0.2) is 89.4 Å². The molecule has 4 amide bonds. The van der Waals surface area contributed by atoms with Crippen LogP contribution in [0, 0.1) is 11.3 Å². The molecule has 16 nitrogen and oxygen atoms in total. The number of fused-ring (bicyclic) bond motifs is 1. The monoisotopic (exact) mass is 667 g/mol. The molecule has 1 fully saturated rings. The van der Waals surface area contributed by atoms with E-state index in [2.05, 4.69) is 15.9 Å². The number of benzene rings is 2. The molecule has 1 aromatic heterocycles. The number of hydrogen-bond donors (Lipinski definition) is 5. The number of nitrogens with zero attached hydrogens (tertiary/aromatic N) is 5. The number of likely N-dealkylation sites (N-methyl/N-ethyl adjacent to an activating group) is 1. The van der Waals surface area contributed by atoms with E-state index in [1.54, 1.807) is 40.7 Å². The Balaban J connectivity index is 1.30. The third kappa shape index (κ3) is 8.34. The Labute approximate surface area is 274 Å². The number of carbonyl (C=O) groups excluding carboxylic acids is 3. The van der Waals surface area contributed by atoms with Crippen LogP contribution in [0.2, 0.25) is 0 Å². The second-order valence-electron chi connectivity index (χ2n) is 11.1. The molecule has 1 aliphatic heterocycles. The van der Waals surface area contributed by atoms with E-state index in [0.29, 0.717) is 49.2 Å². The van der Waals surface area contributed by atoms with Crippen molar-refractivity contribution in [2.24, 2.45) is 11.0 Å². The lowest BCUT2D eigenvalue weighted by molar-refractivity contribution is -0.121. The Morgan fingerprint density at radius 2 is 1.83 bits per heavy atom. The molecule has 1 aliphatic rings. The lowest BCUT2D eigenvalue weighted by Gasteiger charge is -2.35. The van der Waals surface area contributed by atoms with Gasteiger partial charge in [0.25, 0.3) is 0 Å². The quantitative estimate of drug-likeness (QED) is 0.103. The van der Waals surface area contributed by atoms with E-state index in [9.17, 15) is 29.1 Å². The van der Waals surface area contributed by atoms with Gasteiger partial charge in [0.15, 0.2) is 0 Å². The number of halogens is 1. The lowest BCUT2D eigenvalue weighted by Crippen LogP contribution is -2.49. The summed E-state index contributed by atoms with van der Waals surface area (Å²) in [6.07, 6.45) is 1.48. The Hall–Kier alpha value is -5.74. The van der Waals surface area contributed by atoms with Crippen molar-refractivity contribution >= 4 is 46.3 Å². The number of piperazine rings is 1. The molecule has 0 bridgehead atoms. The van der Waals surface area contributed by atoms with Gasteiger partial charge < -0.3 is 40.6 Å². The Morgan fingerprint density at radius 3 is 2.44 bits per heavy atom. The van der Waals surface area contributed by atoms with Crippen LogP contribution < -0.4 is 26.7 Å². The maximum absolute atomic E-state index is 15.2. The Bertz CT molecular complexity index is 1740. The van der Waals surface area contributed by atoms with Crippen LogP contribution in [0.5, 0.6) is 0 Å². The number of nitrogens with one attached hydrogen (secondary N) is 3. The van der Waals surface area contributed by atoms with Gasteiger partial charge >= 0.3 is 18.1 Å². The summed E-state index contributed by atoms with van der Waals surface area (Å²) in [5.41, 5.74) is 13.0. The molecule has 3 aromatic rings. The number of amides is 4. The molecule has 1 atom stereocenters. The predicted octanol–water partition coefficient (Wildman–Crippen LogP) is 2.95. The summed E-state index contributed by atoms with van der Waals surface area (Å²) in [6.45, 7) is 3.56. The number of primary amides is 1. The van der Waals surface area contributed by atoms with Crippen molar-refractivity contribution in [1.82, 2.24) is 19.8 Å². The van der Waals surface area contributed by atoms with Gasteiger partial charge in [0.2, 0.25) is 11.3 Å². The van der Waals surface area contributed by atoms with Gasteiger partial charge in [0, 0.05) is 63.6 Å². The second-order valence-corrected chi connectivity index (χ2v) is 11.1. The van der Waals surface area contributed by atoms with E-state index in [1.807, 2.05) is 0 Å². The number of carbonyl (C=O) groups is 4. The van der Waals surface area contributed by atoms with E-state index in [0.717, 1.165) is 6.07 Å². The van der Waals surface area contributed by atoms with Crippen molar-refractivity contribution in [1.29, 1.82) is 5.53 Å². The van der Waals surface area contributed by atoms with Gasteiger partial charge in [0.1, 0.15) is 24.0 Å². The van der Waals surface area contributed by atoms with Gasteiger partial charge in [-0.05, 0) is 49.6 Å². The van der Waals surface area contributed by atoms with Crippen LogP contribution in [-0.2, 0) is 22.7 Å². The van der Waals surface area contributed by atoms with Gasteiger partial charge in [-0.15, -0.1) is 0 Å². The number of aryl methyl sites for hydroxylation is 1. The number of ether oxygens (including phenoxy) is 1. The average molecular weight is 668 g/mol. The summed E-state index contributed by atoms with van der Waals surface area (Å²) >= 11 is 0. The minimum Gasteiger partial charge on any atom is -0.477 e. The molecule has 2 aromatic carbocycles. The van der Waals surface area contributed by atoms with E-state index < -0.39 is 40.9 Å². The SMILES string of the molecule is CCn1cc(C(=O)O)c(=O)c2cc(F)c(N3CCN(C(=O)OCc4ccc(NC(=O)[C@H](CCCNC(N)=O)N(C)N=N)cc4)CC3)cc21. The topological polar surface area (TPSA) is 216 Å². The Kier molecular flexibility index (Phi) is 11.5. The fourth-order valence-corrected chi connectivity index (χ4v) is 5.40. The summed E-state index contributed by atoms with van der Waals surface area (Å²) in [6, 6.07) is 7.90. The molecule has 0 spiro atoms. The number of carboxylic acids is 1. The second kappa shape index (κ2) is 15.7. The van der Waals surface area contributed by atoms with Crippen LogP contribution in [0.15, 0.2) is 52.6 Å². The van der Waals surface area contributed by atoms with Crippen LogP contribution in [0.3, 0.4) is 0 Å². The summed E-state index contributed by atoms with van der Waals surface area (Å²) in [7, 11) is 1.50. The van der Waals surface area contributed by atoms with Crippen LogP contribution in [0.4, 0.5) is 25.4 Å². The normalized spacial score (nSPS) is 13.5. The van der Waals surface area contributed by atoms with Crippen molar-refractivity contribution in [3.8, 4) is 0 Å². The van der Waals surface area contributed by atoms with Crippen molar-refractivity contribution < 1.29 is 33.4 Å². The number of aromatic nitrogens is 1. The molecule has 48 heavy (non-hydrogen) atoms. The fraction of sp³-hybridized carbons (Fsp3) is 0.387. The van der Waals surface area contributed by atoms with Crippen molar-refractivity contribution in [3.63, 3.8) is 0 Å². The van der Waals surface area contributed by atoms with Crippen molar-refractivity contribution in [2.75, 3.05) is 50.0 Å². The summed E-state index contributed by atoms with van der Waals surface area (Å²) in [5.74, 6) is -2.42. The molecule has 4 rings (SSSR count). The number of urea groups is 1. The van der Waals surface area contributed by atoms with E-state index in [1.165, 1.54) is 29.2 Å². The third-order valence-corrected chi connectivity index (χ3v) is 8.05. The molecule has 17 heteroatoms. The molecule has 0 radical (unpaired) electrons. The molecule has 0 unspecified atom stereocenters. The zero-order valence-corrected chi connectivity index (χ0v) is 26.6. The van der Waals surface area contributed by atoms with Gasteiger partial charge in [-0.2, -0.15) is 5.53 Å². The van der Waals surface area contributed by atoms with Crippen molar-refractivity contribution in [3.05, 3.63) is 69.8 Å². The molecular formula is C31H38FN9O7. The highest BCUT2D eigenvalue weighted by molar-refractivity contribution is 5.95. The molecule has 1 saturated heterocycles. The summed E-state index contributed by atoms with van der Waals surface area (Å²) in [5, 5.41) is 19.1. The van der Waals surface area contributed by atoms with E-state index >= 15 is 4.39 Å². The minimum absolute atomic E-state index is 0.0148. The van der Waals surface area contributed by atoms with E-state index in [-0.39, 0.29) is 43.2 Å². The number of aromatic carboxylic acids is 1. The highest BCUT2D eigenvalue weighted by atomic mass is 19.1. The zero-order chi connectivity index (χ0) is 35.0. The largest absolute Gasteiger partial charge is 0.477 e. The van der Waals surface area contributed by atoms with Crippen LogP contribution in [0.25, 0.3) is 10.9 Å². The number of pyridine rings is 1. The molecule has 0 aliphatic carbocycles. The molecule has 0 saturated carbocycles. The lowest BCUT2D eigenvalue weighted by atomic mass is 10.1. The van der Waals surface area contributed by atoms with Gasteiger partial charge in [0.05, 0.1) is 11.2 Å². The fourth-order valence-electron chi connectivity index (χ4n) is 5.40. The number of anilines is 2. The first-order valence-corrected chi connectivity index (χ1v) is 15.2. The maximum Gasteiger partial charge on any atom is 0.410 e. The number of hydrogen-bond acceptors (Lipinski definition) is 9. The predicted molar refractivity (Wildman–Crippen MR) is 173 cm³/mol. The number of carboxylic acid groups (broad SMARTS) is 1. The smallest absolute Gasteiger partial charge is 0.410 e. The van der Waals surface area contributed by atoms with E-state index in [4.69, 9.17) is 16.0 Å². The molecule has 256 valence electrons. The number of nitrogens with two attached hydrogens (primary N) is 1. The molecular weight excluding hydrogens is 629 g/mol. The number of rotatable bonds is 13. The molecule has 2 heterocycles. The summed E-state index contributed by atoms with van der Waals surface area (Å²) in [4.78, 5) is 63.9. The highest BCUT2D eigenvalue weighted by Gasteiger charge is 2.26. The van der Waals surface area contributed by atoms with Crippen LogP contribution >= 0.6 is 0 Å². The first-order valence-electron chi connectivity index (χ1n) is 15.2. The van der Waals surface area contributed by atoms with Gasteiger partial charge in [-0.25, -0.2) is 18.8 Å². The van der Waals surface area contributed by atoms with Gasteiger partial charge in [-0.1, -0.05) is 17.4 Å². The highest BCUT2D eigenvalue weighted by Crippen LogP contribution is 2.27. The first kappa shape index (κ1) is 35.1. The third-order valence-electron chi connectivity index (χ3n) is 8.05. The Morgan fingerprint density at radius 1 is 1.15 bits per heavy atom. The standard InChI is InChI=1S/C31H38FN9O7/c1-3-39-17-22(29(44)45)27(42)21-15-23(32)26(16-25(21)39)40-11-13-41(14-12-40)31(47)48-18-19-6-8-20(9-7-19)36-28(43)24(38(2)37-34)5-4-10-35-30(33)46/h6-9,15-17,24,34H,3-5,10-14,18H2,1-2H3,(H,36,43)(H,44,45)(H3,33,35,46)/t24-/m0/s1. The minimum atomic E-state index is -1.38. The summed E-state index contributed by atoms with van der Waals surface area (Å²) < 4.78 is 22.3.